The maximum Gasteiger partial charge on any atom is 0.438 e. The average molecular weight is 371 g/mol. The van der Waals surface area contributed by atoms with E-state index >= 15 is 0 Å². The number of nitrogens with zero attached hydrogens (tertiary/aromatic N) is 2. The lowest BCUT2D eigenvalue weighted by molar-refractivity contribution is -0.0489. The fourth-order valence-electron chi connectivity index (χ4n) is 4.32. The lowest BCUT2D eigenvalue weighted by Gasteiger charge is -2.23. The van der Waals surface area contributed by atoms with Crippen molar-refractivity contribution in [2.75, 3.05) is 13.2 Å². The van der Waals surface area contributed by atoms with Crippen LogP contribution in [0.15, 0.2) is 33.6 Å². The molecule has 0 atom stereocenters. The van der Waals surface area contributed by atoms with E-state index in [1.807, 2.05) is 10.6 Å². The van der Waals surface area contributed by atoms with Crippen molar-refractivity contribution in [3.05, 3.63) is 51.9 Å². The lowest BCUT2D eigenvalue weighted by Crippen LogP contribution is -2.24. The Hall–Kier alpha value is -2.42. The van der Waals surface area contributed by atoms with Crippen LogP contribution in [0.1, 0.15) is 55.0 Å². The number of nitrogens with one attached hydrogen (secondary N) is 1. The molecular weight excluding hydrogens is 350 g/mol. The molecule has 3 N–H and O–H groups in total. The van der Waals surface area contributed by atoms with Gasteiger partial charge in [0, 0.05) is 24.1 Å². The van der Waals surface area contributed by atoms with Crippen molar-refractivity contribution >= 4 is 10.9 Å². The molecule has 142 valence electrons. The van der Waals surface area contributed by atoms with Gasteiger partial charge in [-0.1, -0.05) is 11.2 Å². The summed E-state index contributed by atoms with van der Waals surface area (Å²) in [6.07, 6.45) is 1.83. The molecular formula is C19H21N3O5. The van der Waals surface area contributed by atoms with Gasteiger partial charge >= 0.3 is 5.76 Å². The summed E-state index contributed by atoms with van der Waals surface area (Å²) in [5, 5.41) is 24.7. The lowest BCUT2D eigenvalue weighted by atomic mass is 9.91. The van der Waals surface area contributed by atoms with E-state index in [9.17, 15) is 15.0 Å². The maximum absolute atomic E-state index is 11.4. The van der Waals surface area contributed by atoms with E-state index in [1.54, 1.807) is 6.07 Å². The van der Waals surface area contributed by atoms with Crippen LogP contribution < -0.4 is 5.76 Å². The number of fused-ring (bicyclic) bond motifs is 1. The first kappa shape index (κ1) is 16.7. The van der Waals surface area contributed by atoms with Crippen LogP contribution in [0.3, 0.4) is 0 Å². The van der Waals surface area contributed by atoms with Crippen LogP contribution in [0.25, 0.3) is 10.9 Å². The fourth-order valence-corrected chi connectivity index (χ4v) is 4.32. The highest BCUT2D eigenvalue weighted by molar-refractivity contribution is 5.83. The SMILES string of the molecule is O=c1[nH]c(C2(n3c(C(O)O)cc4cc(C5CCOCC5)ccc43)CC2)no1. The summed E-state index contributed by atoms with van der Waals surface area (Å²) < 4.78 is 12.0. The number of benzene rings is 1. The van der Waals surface area contributed by atoms with Gasteiger partial charge in [0.2, 0.25) is 0 Å². The Morgan fingerprint density at radius 1 is 1.22 bits per heavy atom. The Kier molecular flexibility index (Phi) is 3.75. The second kappa shape index (κ2) is 6.05. The maximum atomic E-state index is 11.4. The smallest absolute Gasteiger partial charge is 0.381 e. The van der Waals surface area contributed by atoms with Gasteiger partial charge in [0.1, 0.15) is 5.54 Å². The molecule has 2 aromatic heterocycles. The molecule has 0 bridgehead atoms. The van der Waals surface area contributed by atoms with Gasteiger partial charge < -0.3 is 19.5 Å². The third kappa shape index (κ3) is 2.63. The van der Waals surface area contributed by atoms with Crippen LogP contribution in [0.4, 0.5) is 0 Å². The van der Waals surface area contributed by atoms with Crippen LogP contribution in [0.5, 0.6) is 0 Å². The topological polar surface area (TPSA) is 114 Å². The molecule has 8 heteroatoms. The van der Waals surface area contributed by atoms with Crippen LogP contribution in [-0.2, 0) is 10.3 Å². The van der Waals surface area contributed by atoms with Crippen molar-refractivity contribution in [1.29, 1.82) is 0 Å². The van der Waals surface area contributed by atoms with E-state index in [4.69, 9.17) is 4.74 Å². The second-order valence-corrected chi connectivity index (χ2v) is 7.46. The number of aliphatic hydroxyl groups excluding tert-OH is 1. The van der Waals surface area contributed by atoms with Crippen molar-refractivity contribution in [1.82, 2.24) is 14.7 Å². The summed E-state index contributed by atoms with van der Waals surface area (Å²) in [7, 11) is 0. The molecule has 27 heavy (non-hydrogen) atoms. The Morgan fingerprint density at radius 3 is 2.63 bits per heavy atom. The van der Waals surface area contributed by atoms with Crippen LogP contribution in [0.2, 0.25) is 0 Å². The number of aliphatic hydroxyl groups is 2. The van der Waals surface area contributed by atoms with Crippen molar-refractivity contribution in [3.63, 3.8) is 0 Å². The zero-order chi connectivity index (χ0) is 18.6. The van der Waals surface area contributed by atoms with Gasteiger partial charge in [-0.15, -0.1) is 0 Å². The second-order valence-electron chi connectivity index (χ2n) is 7.46. The van der Waals surface area contributed by atoms with Gasteiger partial charge in [-0.05, 0) is 55.4 Å². The van der Waals surface area contributed by atoms with E-state index in [-0.39, 0.29) is 0 Å². The number of hydrogen-bond donors (Lipinski definition) is 3. The minimum Gasteiger partial charge on any atom is -0.381 e. The van der Waals surface area contributed by atoms with Crippen LogP contribution >= 0.6 is 0 Å². The van der Waals surface area contributed by atoms with Gasteiger partial charge in [-0.2, -0.15) is 0 Å². The van der Waals surface area contributed by atoms with Gasteiger partial charge in [0.15, 0.2) is 12.1 Å². The average Bonchev–Trinajstić information content (AvgIpc) is 3.19. The third-order valence-electron chi connectivity index (χ3n) is 5.84. The van der Waals surface area contributed by atoms with Crippen molar-refractivity contribution in [2.45, 2.75) is 43.4 Å². The molecule has 0 amide bonds. The van der Waals surface area contributed by atoms with E-state index in [0.29, 0.717) is 17.4 Å². The molecule has 0 unspecified atom stereocenters. The first-order valence-electron chi connectivity index (χ1n) is 9.25. The Labute approximate surface area is 154 Å². The third-order valence-corrected chi connectivity index (χ3v) is 5.84. The van der Waals surface area contributed by atoms with Crippen molar-refractivity contribution < 1.29 is 19.5 Å². The minimum absolute atomic E-state index is 0.385. The molecule has 1 aliphatic heterocycles. The normalized spacial score (nSPS) is 19.8. The summed E-state index contributed by atoms with van der Waals surface area (Å²) in [5.41, 5.74) is 1.90. The molecule has 2 aliphatic rings. The molecule has 3 heterocycles. The van der Waals surface area contributed by atoms with Gasteiger partial charge in [0.25, 0.3) is 0 Å². The molecule has 2 fully saturated rings. The number of aromatic nitrogens is 3. The first-order chi connectivity index (χ1) is 13.1. The quantitative estimate of drug-likeness (QED) is 0.602. The molecule has 1 saturated carbocycles. The zero-order valence-electron chi connectivity index (χ0n) is 14.7. The highest BCUT2D eigenvalue weighted by atomic mass is 16.5. The molecule has 1 aliphatic carbocycles. The first-order valence-corrected chi connectivity index (χ1v) is 9.25. The Morgan fingerprint density at radius 2 is 2.00 bits per heavy atom. The molecule has 1 aromatic carbocycles. The predicted molar refractivity (Wildman–Crippen MR) is 95.3 cm³/mol. The monoisotopic (exact) mass is 371 g/mol. The van der Waals surface area contributed by atoms with E-state index < -0.39 is 17.6 Å². The summed E-state index contributed by atoms with van der Waals surface area (Å²) in [4.78, 5) is 14.1. The van der Waals surface area contributed by atoms with E-state index in [0.717, 1.165) is 49.8 Å². The summed E-state index contributed by atoms with van der Waals surface area (Å²) in [6, 6.07) is 8.05. The van der Waals surface area contributed by atoms with Gasteiger partial charge in [0.05, 0.1) is 5.69 Å². The fraction of sp³-hybridized carbons (Fsp3) is 0.474. The van der Waals surface area contributed by atoms with Crippen LogP contribution in [-0.4, -0.2) is 38.1 Å². The highest BCUT2D eigenvalue weighted by Gasteiger charge is 2.51. The molecule has 5 rings (SSSR count). The molecule has 8 nitrogen and oxygen atoms in total. The van der Waals surface area contributed by atoms with Crippen molar-refractivity contribution in [3.8, 4) is 0 Å². The minimum atomic E-state index is -1.62. The summed E-state index contributed by atoms with van der Waals surface area (Å²) in [6.45, 7) is 1.54. The standard InChI is InChI=1S/C19H21N3O5/c23-16(24)15-10-13-9-12(11-3-7-26-8-4-11)1-2-14(13)22(15)19(5-6-19)17-20-18(25)27-21-17/h1-2,9-11,16,23-24H,3-8H2,(H,20,21,25). The Balaban J connectivity index is 1.65. The van der Waals surface area contributed by atoms with Gasteiger partial charge in [-0.25, -0.2) is 4.79 Å². The predicted octanol–water partition coefficient (Wildman–Crippen LogP) is 1.73. The van der Waals surface area contributed by atoms with Crippen molar-refractivity contribution in [2.24, 2.45) is 0 Å². The number of H-pyrrole nitrogens is 1. The molecule has 0 spiro atoms. The summed E-state index contributed by atoms with van der Waals surface area (Å²) >= 11 is 0. The van der Waals surface area contributed by atoms with E-state index in [1.165, 1.54) is 5.56 Å². The highest BCUT2D eigenvalue weighted by Crippen LogP contribution is 2.51. The summed E-state index contributed by atoms with van der Waals surface area (Å²) in [5.74, 6) is 0.261. The number of ether oxygens (including phenoxy) is 1. The zero-order valence-corrected chi connectivity index (χ0v) is 14.7. The number of rotatable bonds is 4. The van der Waals surface area contributed by atoms with Gasteiger partial charge in [-0.3, -0.25) is 9.51 Å². The number of hydrogen-bond acceptors (Lipinski definition) is 6. The van der Waals surface area contributed by atoms with E-state index in [2.05, 4.69) is 26.8 Å². The molecule has 0 radical (unpaired) electrons. The number of aromatic amines is 1. The Bertz CT molecular complexity index is 1040. The largest absolute Gasteiger partial charge is 0.438 e. The molecule has 1 saturated heterocycles. The molecule has 3 aromatic rings. The van der Waals surface area contributed by atoms with Crippen LogP contribution in [0, 0.1) is 0 Å².